The molecule has 0 saturated heterocycles. The van der Waals surface area contributed by atoms with Gasteiger partial charge in [-0.05, 0) is 31.0 Å². The maximum Gasteiger partial charge on any atom is 0.326 e. The Balaban J connectivity index is 2.89. The number of carbonyl (C=O) groups is 6. The second-order valence-corrected chi connectivity index (χ2v) is 6.17. The fourth-order valence-corrected chi connectivity index (χ4v) is 2.34. The van der Waals surface area contributed by atoms with Gasteiger partial charge in [-0.2, -0.15) is 0 Å². The molecule has 2 amide bonds. The molecule has 2 atom stereocenters. The van der Waals surface area contributed by atoms with Crippen molar-refractivity contribution in [2.75, 3.05) is 0 Å². The molecule has 0 aliphatic carbocycles. The number of rotatable bonds is 12. The van der Waals surface area contributed by atoms with E-state index in [1.54, 1.807) is 0 Å². The predicted octanol–water partition coefficient (Wildman–Crippen LogP) is -0.218. The fourth-order valence-electron chi connectivity index (χ4n) is 2.34. The Kier molecular flexibility index (Phi) is 8.94. The molecule has 6 N–H and O–H groups in total. The molecular weight excluding hydrogens is 404 g/mol. The third-order valence-corrected chi connectivity index (χ3v) is 3.89. The molecule has 0 fully saturated rings. The minimum atomic E-state index is -1.46. The van der Waals surface area contributed by atoms with E-state index in [1.165, 1.54) is 18.2 Å². The first kappa shape index (κ1) is 24.1. The molecule has 1 aromatic carbocycles. The molecule has 1 aromatic rings. The van der Waals surface area contributed by atoms with E-state index in [0.29, 0.717) is 0 Å². The van der Waals surface area contributed by atoms with Crippen molar-refractivity contribution in [1.29, 1.82) is 0 Å². The van der Waals surface area contributed by atoms with Gasteiger partial charge in [0.05, 0.1) is 0 Å². The fraction of sp³-hybridized carbons (Fsp3) is 0.333. The first-order chi connectivity index (χ1) is 14.0. The standard InChI is InChI=1S/C18H20N2O10/c21-13(22)6-4-11(17(27)28)19-15(25)9-2-1-3-10(8-9)16(26)20-12(18(29)30)5-7-14(23)24/h1-3,8,11-12H,4-7H2,(H,19,25)(H,20,26)(H,21,22)(H,23,24)(H,27,28)(H,29,30)/t11-,12-/m1/s1. The molecular formula is C18H20N2O10. The van der Waals surface area contributed by atoms with Gasteiger partial charge in [0.1, 0.15) is 12.1 Å². The summed E-state index contributed by atoms with van der Waals surface area (Å²) in [5.74, 6) is -7.07. The smallest absolute Gasteiger partial charge is 0.326 e. The molecule has 30 heavy (non-hydrogen) atoms. The lowest BCUT2D eigenvalue weighted by molar-refractivity contribution is -0.142. The van der Waals surface area contributed by atoms with Crippen molar-refractivity contribution in [2.45, 2.75) is 37.8 Å². The van der Waals surface area contributed by atoms with Crippen LogP contribution in [0.1, 0.15) is 46.4 Å². The summed E-state index contributed by atoms with van der Waals surface area (Å²) in [6.07, 6.45) is -1.65. The van der Waals surface area contributed by atoms with Gasteiger partial charge in [-0.15, -0.1) is 0 Å². The lowest BCUT2D eigenvalue weighted by atomic mass is 10.1. The van der Waals surface area contributed by atoms with Crippen LogP contribution in [0.5, 0.6) is 0 Å². The van der Waals surface area contributed by atoms with Crippen molar-refractivity contribution in [3.05, 3.63) is 35.4 Å². The summed E-state index contributed by atoms with van der Waals surface area (Å²) in [7, 11) is 0. The Morgan fingerprint density at radius 2 is 1.07 bits per heavy atom. The number of nitrogens with one attached hydrogen (secondary N) is 2. The van der Waals surface area contributed by atoms with Gasteiger partial charge in [0.15, 0.2) is 0 Å². The normalized spacial score (nSPS) is 12.3. The van der Waals surface area contributed by atoms with E-state index in [4.69, 9.17) is 20.4 Å². The second kappa shape index (κ2) is 11.1. The van der Waals surface area contributed by atoms with Crippen molar-refractivity contribution >= 4 is 35.7 Å². The van der Waals surface area contributed by atoms with Crippen molar-refractivity contribution in [2.24, 2.45) is 0 Å². The first-order valence-electron chi connectivity index (χ1n) is 8.62. The highest BCUT2D eigenvalue weighted by molar-refractivity contribution is 6.01. The lowest BCUT2D eigenvalue weighted by Crippen LogP contribution is -2.42. The first-order valence-corrected chi connectivity index (χ1v) is 8.62. The number of amides is 2. The van der Waals surface area contributed by atoms with Crippen LogP contribution < -0.4 is 10.6 Å². The number of carboxylic acids is 4. The number of aliphatic carboxylic acids is 4. The maximum atomic E-state index is 12.3. The Hall–Kier alpha value is -3.96. The van der Waals surface area contributed by atoms with Gasteiger partial charge in [-0.1, -0.05) is 6.07 Å². The summed E-state index contributed by atoms with van der Waals surface area (Å²) in [4.78, 5) is 68.1. The third-order valence-electron chi connectivity index (χ3n) is 3.89. The molecule has 0 heterocycles. The molecule has 0 unspecified atom stereocenters. The van der Waals surface area contributed by atoms with Gasteiger partial charge in [0.25, 0.3) is 11.8 Å². The number of benzene rings is 1. The number of hydrogen-bond donors (Lipinski definition) is 6. The Bertz CT molecular complexity index is 786. The van der Waals surface area contributed by atoms with Crippen molar-refractivity contribution in [3.8, 4) is 0 Å². The molecule has 1 rings (SSSR count). The minimum absolute atomic E-state index is 0.110. The summed E-state index contributed by atoms with van der Waals surface area (Å²) in [6.45, 7) is 0. The average molecular weight is 424 g/mol. The zero-order valence-electron chi connectivity index (χ0n) is 15.5. The van der Waals surface area contributed by atoms with Gasteiger partial charge in [0, 0.05) is 24.0 Å². The second-order valence-electron chi connectivity index (χ2n) is 6.17. The van der Waals surface area contributed by atoms with E-state index in [9.17, 15) is 28.8 Å². The van der Waals surface area contributed by atoms with E-state index in [1.807, 2.05) is 0 Å². The summed E-state index contributed by atoms with van der Waals surface area (Å²) >= 11 is 0. The average Bonchev–Trinajstić information content (AvgIpc) is 2.67. The molecule has 0 bridgehead atoms. The minimum Gasteiger partial charge on any atom is -0.481 e. The van der Waals surface area contributed by atoms with Crippen LogP contribution in [0.4, 0.5) is 0 Å². The van der Waals surface area contributed by atoms with Crippen LogP contribution in [0.3, 0.4) is 0 Å². The van der Waals surface area contributed by atoms with Crippen LogP contribution in [-0.2, 0) is 19.2 Å². The Morgan fingerprint density at radius 3 is 1.37 bits per heavy atom. The van der Waals surface area contributed by atoms with E-state index >= 15 is 0 Å². The molecule has 0 radical (unpaired) electrons. The molecule has 12 heteroatoms. The number of carboxylic acid groups (broad SMARTS) is 4. The van der Waals surface area contributed by atoms with Gasteiger partial charge in [-0.25, -0.2) is 9.59 Å². The van der Waals surface area contributed by atoms with Gasteiger partial charge in [0.2, 0.25) is 0 Å². The molecule has 0 aliphatic heterocycles. The number of carbonyl (C=O) groups excluding carboxylic acids is 2. The van der Waals surface area contributed by atoms with Crippen LogP contribution in [0.25, 0.3) is 0 Å². The van der Waals surface area contributed by atoms with Crippen molar-refractivity contribution in [1.82, 2.24) is 10.6 Å². The van der Waals surface area contributed by atoms with E-state index in [2.05, 4.69) is 10.6 Å². The van der Waals surface area contributed by atoms with Crippen LogP contribution in [-0.4, -0.2) is 68.2 Å². The van der Waals surface area contributed by atoms with Crippen molar-refractivity contribution in [3.63, 3.8) is 0 Å². The van der Waals surface area contributed by atoms with Crippen LogP contribution in [0.15, 0.2) is 24.3 Å². The van der Waals surface area contributed by atoms with Crippen LogP contribution >= 0.6 is 0 Å². The molecule has 0 aliphatic rings. The SMILES string of the molecule is O=C(O)CC[C@@H](NC(=O)c1cccc(C(=O)N[C@H](CCC(=O)O)C(=O)O)c1)C(=O)O. The summed E-state index contributed by atoms with van der Waals surface area (Å²) in [6, 6.07) is 2.04. The predicted molar refractivity (Wildman–Crippen MR) is 98.0 cm³/mol. The van der Waals surface area contributed by atoms with E-state index in [0.717, 1.165) is 6.07 Å². The summed E-state index contributed by atoms with van der Waals surface area (Å²) in [5, 5.41) is 39.8. The quantitative estimate of drug-likeness (QED) is 0.260. The topological polar surface area (TPSA) is 207 Å². The van der Waals surface area contributed by atoms with E-state index in [-0.39, 0.29) is 24.0 Å². The van der Waals surface area contributed by atoms with Gasteiger partial charge < -0.3 is 31.1 Å². The maximum absolute atomic E-state index is 12.3. The molecule has 0 saturated carbocycles. The molecule has 12 nitrogen and oxygen atoms in total. The largest absolute Gasteiger partial charge is 0.481 e. The van der Waals surface area contributed by atoms with Crippen LogP contribution in [0, 0.1) is 0 Å². The van der Waals surface area contributed by atoms with Crippen LogP contribution in [0.2, 0.25) is 0 Å². The molecule has 0 aromatic heterocycles. The Labute approximate surface area is 169 Å². The summed E-state index contributed by atoms with van der Waals surface area (Å²) < 4.78 is 0. The zero-order chi connectivity index (χ0) is 22.8. The third kappa shape index (κ3) is 7.96. The van der Waals surface area contributed by atoms with Crippen molar-refractivity contribution < 1.29 is 49.2 Å². The molecule has 0 spiro atoms. The molecule has 162 valence electrons. The Morgan fingerprint density at radius 1 is 0.700 bits per heavy atom. The van der Waals surface area contributed by atoms with Gasteiger partial charge in [-0.3, -0.25) is 19.2 Å². The van der Waals surface area contributed by atoms with Gasteiger partial charge >= 0.3 is 23.9 Å². The highest BCUT2D eigenvalue weighted by Crippen LogP contribution is 2.09. The monoisotopic (exact) mass is 424 g/mol. The van der Waals surface area contributed by atoms with E-state index < -0.39 is 60.6 Å². The zero-order valence-corrected chi connectivity index (χ0v) is 15.5. The number of hydrogen-bond acceptors (Lipinski definition) is 6. The highest BCUT2D eigenvalue weighted by Gasteiger charge is 2.24. The highest BCUT2D eigenvalue weighted by atomic mass is 16.4. The summed E-state index contributed by atoms with van der Waals surface area (Å²) in [5.41, 5.74) is -0.219. The lowest BCUT2D eigenvalue weighted by Gasteiger charge is -2.15.